The number of nitro benzene ring substituents is 1. The molecule has 1 amide bonds. The lowest BCUT2D eigenvalue weighted by Gasteiger charge is -2.24. The number of nitrogens with one attached hydrogen (secondary N) is 1. The molecule has 0 heterocycles. The van der Waals surface area contributed by atoms with Crippen LogP contribution in [0.2, 0.25) is 0 Å². The molecule has 1 rings (SSSR count). The molecule has 9 nitrogen and oxygen atoms in total. The second kappa shape index (κ2) is 8.06. The Hall–Kier alpha value is -2.20. The first kappa shape index (κ1) is 19.8. The number of ether oxygens (including phenoxy) is 1. The molecular formula is C14H21N3O6S. The number of methoxy groups -OCH3 is 1. The highest BCUT2D eigenvalue weighted by molar-refractivity contribution is 7.92. The highest BCUT2D eigenvalue weighted by atomic mass is 32.2. The van der Waals surface area contributed by atoms with Crippen LogP contribution in [-0.4, -0.2) is 51.8 Å². The van der Waals surface area contributed by atoms with Crippen LogP contribution >= 0.6 is 0 Å². The van der Waals surface area contributed by atoms with Crippen LogP contribution in [0.15, 0.2) is 18.2 Å². The molecule has 0 saturated heterocycles. The van der Waals surface area contributed by atoms with Gasteiger partial charge in [0, 0.05) is 25.3 Å². The third-order valence-corrected chi connectivity index (χ3v) is 4.31. The second-order valence-corrected chi connectivity index (χ2v) is 7.33. The zero-order chi connectivity index (χ0) is 18.5. The summed E-state index contributed by atoms with van der Waals surface area (Å²) in [5, 5.41) is 13.5. The van der Waals surface area contributed by atoms with Crippen molar-refractivity contribution < 1.29 is 22.9 Å². The van der Waals surface area contributed by atoms with Gasteiger partial charge in [0.25, 0.3) is 5.69 Å². The zero-order valence-electron chi connectivity index (χ0n) is 14.0. The summed E-state index contributed by atoms with van der Waals surface area (Å²) in [5.41, 5.74) is 0.349. The summed E-state index contributed by atoms with van der Waals surface area (Å²) in [6.07, 6.45) is 0.942. The van der Waals surface area contributed by atoms with Crippen LogP contribution in [0.25, 0.3) is 0 Å². The fourth-order valence-electron chi connectivity index (χ4n) is 2.10. The quantitative estimate of drug-likeness (QED) is 0.542. The molecule has 1 aromatic rings. The number of non-ortho nitro benzene ring substituents is 1. The van der Waals surface area contributed by atoms with Crippen LogP contribution in [0.1, 0.15) is 12.5 Å². The Morgan fingerprint density at radius 2 is 2.08 bits per heavy atom. The number of anilines is 1. The molecule has 0 radical (unpaired) electrons. The van der Waals surface area contributed by atoms with Crippen molar-refractivity contribution in [3.63, 3.8) is 0 Å². The van der Waals surface area contributed by atoms with E-state index in [0.717, 1.165) is 16.6 Å². The van der Waals surface area contributed by atoms with E-state index >= 15 is 0 Å². The first-order chi connectivity index (χ1) is 11.1. The number of amides is 1. The van der Waals surface area contributed by atoms with Gasteiger partial charge in [0.2, 0.25) is 15.9 Å². The molecule has 0 aliphatic carbocycles. The largest absolute Gasteiger partial charge is 0.383 e. The van der Waals surface area contributed by atoms with Crippen molar-refractivity contribution in [3.8, 4) is 0 Å². The van der Waals surface area contributed by atoms with Crippen LogP contribution in [0.3, 0.4) is 0 Å². The Morgan fingerprint density at radius 1 is 1.46 bits per heavy atom. The van der Waals surface area contributed by atoms with E-state index < -0.39 is 27.4 Å². The Bertz CT molecular complexity index is 719. The van der Waals surface area contributed by atoms with Crippen molar-refractivity contribution in [2.24, 2.45) is 0 Å². The van der Waals surface area contributed by atoms with Gasteiger partial charge in [0.1, 0.15) is 6.54 Å². The van der Waals surface area contributed by atoms with Crippen molar-refractivity contribution >= 4 is 27.3 Å². The summed E-state index contributed by atoms with van der Waals surface area (Å²) in [5.74, 6) is -0.532. The van der Waals surface area contributed by atoms with Crippen LogP contribution in [-0.2, 0) is 19.6 Å². The molecule has 1 N–H and O–H groups in total. The van der Waals surface area contributed by atoms with E-state index in [0.29, 0.717) is 5.56 Å². The number of nitro groups is 1. The Kier molecular flexibility index (Phi) is 6.67. The minimum Gasteiger partial charge on any atom is -0.383 e. The van der Waals surface area contributed by atoms with Crippen molar-refractivity contribution in [2.45, 2.75) is 19.9 Å². The summed E-state index contributed by atoms with van der Waals surface area (Å²) >= 11 is 0. The van der Waals surface area contributed by atoms with E-state index in [4.69, 9.17) is 4.74 Å². The molecule has 0 aliphatic rings. The topological polar surface area (TPSA) is 119 Å². The molecule has 0 spiro atoms. The fraction of sp³-hybridized carbons (Fsp3) is 0.500. The number of aryl methyl sites for hydroxylation is 1. The summed E-state index contributed by atoms with van der Waals surface area (Å²) in [4.78, 5) is 22.4. The van der Waals surface area contributed by atoms with Crippen molar-refractivity contribution in [2.75, 3.05) is 30.8 Å². The van der Waals surface area contributed by atoms with Crippen LogP contribution in [0, 0.1) is 17.0 Å². The lowest BCUT2D eigenvalue weighted by atomic mass is 10.2. The third-order valence-electron chi connectivity index (χ3n) is 3.18. The number of sulfonamides is 1. The minimum absolute atomic E-state index is 0.0984. The van der Waals surface area contributed by atoms with Gasteiger partial charge < -0.3 is 10.1 Å². The summed E-state index contributed by atoms with van der Waals surface area (Å²) in [7, 11) is -2.32. The number of hydrogen-bond acceptors (Lipinski definition) is 6. The van der Waals surface area contributed by atoms with Gasteiger partial charge in [-0.2, -0.15) is 0 Å². The summed E-state index contributed by atoms with van der Waals surface area (Å²) < 4.78 is 29.9. The normalized spacial score (nSPS) is 12.5. The monoisotopic (exact) mass is 359 g/mol. The van der Waals surface area contributed by atoms with Crippen molar-refractivity contribution in [1.82, 2.24) is 5.32 Å². The van der Waals surface area contributed by atoms with Gasteiger partial charge in [-0.3, -0.25) is 19.2 Å². The first-order valence-corrected chi connectivity index (χ1v) is 8.92. The zero-order valence-corrected chi connectivity index (χ0v) is 14.8. The highest BCUT2D eigenvalue weighted by Crippen LogP contribution is 2.27. The van der Waals surface area contributed by atoms with E-state index in [2.05, 4.69) is 5.32 Å². The van der Waals surface area contributed by atoms with E-state index in [1.807, 2.05) is 0 Å². The van der Waals surface area contributed by atoms with Gasteiger partial charge in [0.15, 0.2) is 0 Å². The van der Waals surface area contributed by atoms with Crippen molar-refractivity contribution in [3.05, 3.63) is 33.9 Å². The molecule has 0 fully saturated rings. The molecule has 134 valence electrons. The van der Waals surface area contributed by atoms with Gasteiger partial charge in [-0.05, 0) is 19.4 Å². The fourth-order valence-corrected chi connectivity index (χ4v) is 3.01. The van der Waals surface area contributed by atoms with Gasteiger partial charge in [-0.15, -0.1) is 0 Å². The Labute approximate surface area is 140 Å². The van der Waals surface area contributed by atoms with Gasteiger partial charge in [0.05, 0.1) is 23.5 Å². The molecule has 0 aliphatic heterocycles. The molecule has 1 aromatic carbocycles. The number of carbonyl (C=O) groups excluding carboxylic acids is 1. The van der Waals surface area contributed by atoms with E-state index in [1.165, 1.54) is 19.2 Å². The SMILES string of the molecule is COC[C@H](C)NC(=O)CN(c1cc([N+](=O)[O-])ccc1C)S(C)(=O)=O. The average Bonchev–Trinajstić information content (AvgIpc) is 2.44. The molecule has 0 saturated carbocycles. The standard InChI is InChI=1S/C14H21N3O6S/c1-10-5-6-12(17(19)20)7-13(10)16(24(4,21)22)8-14(18)15-11(2)9-23-3/h5-7,11H,8-9H2,1-4H3,(H,15,18)/t11-/m0/s1. The Morgan fingerprint density at radius 3 is 2.58 bits per heavy atom. The van der Waals surface area contributed by atoms with E-state index in [1.54, 1.807) is 13.8 Å². The average molecular weight is 359 g/mol. The number of benzene rings is 1. The molecular weight excluding hydrogens is 338 g/mol. The molecule has 0 aromatic heterocycles. The van der Waals surface area contributed by atoms with Crippen LogP contribution < -0.4 is 9.62 Å². The summed E-state index contributed by atoms with van der Waals surface area (Å²) in [6, 6.07) is 3.56. The highest BCUT2D eigenvalue weighted by Gasteiger charge is 2.24. The predicted octanol–water partition coefficient (Wildman–Crippen LogP) is 0.820. The smallest absolute Gasteiger partial charge is 0.271 e. The number of rotatable bonds is 8. The van der Waals surface area contributed by atoms with Gasteiger partial charge in [-0.25, -0.2) is 8.42 Å². The van der Waals surface area contributed by atoms with Crippen molar-refractivity contribution in [1.29, 1.82) is 0 Å². The van der Waals surface area contributed by atoms with Crippen LogP contribution in [0.5, 0.6) is 0 Å². The lowest BCUT2D eigenvalue weighted by molar-refractivity contribution is -0.384. The van der Waals surface area contributed by atoms with Gasteiger partial charge >= 0.3 is 0 Å². The van der Waals surface area contributed by atoms with Crippen LogP contribution in [0.4, 0.5) is 11.4 Å². The number of hydrogen-bond donors (Lipinski definition) is 1. The lowest BCUT2D eigenvalue weighted by Crippen LogP contribution is -2.44. The Balaban J connectivity index is 3.14. The minimum atomic E-state index is -3.81. The van der Waals surface area contributed by atoms with E-state index in [-0.39, 0.29) is 24.0 Å². The predicted molar refractivity (Wildman–Crippen MR) is 89.5 cm³/mol. The molecule has 10 heteroatoms. The first-order valence-electron chi connectivity index (χ1n) is 7.07. The maximum atomic E-state index is 12.1. The number of carbonyl (C=O) groups is 1. The summed E-state index contributed by atoms with van der Waals surface area (Å²) in [6.45, 7) is 3.13. The molecule has 1 atom stereocenters. The van der Waals surface area contributed by atoms with E-state index in [9.17, 15) is 23.3 Å². The molecule has 24 heavy (non-hydrogen) atoms. The maximum absolute atomic E-state index is 12.1. The maximum Gasteiger partial charge on any atom is 0.271 e. The molecule has 0 bridgehead atoms. The molecule has 0 unspecified atom stereocenters. The van der Waals surface area contributed by atoms with Gasteiger partial charge in [-0.1, -0.05) is 6.07 Å². The second-order valence-electron chi connectivity index (χ2n) is 5.42. The third kappa shape index (κ3) is 5.46. The number of nitrogens with zero attached hydrogens (tertiary/aromatic N) is 2.